The molecular formula is C17H27N3S. The molecule has 3 rings (SSSR count). The molecule has 0 saturated heterocycles. The molecule has 1 aromatic rings. The summed E-state index contributed by atoms with van der Waals surface area (Å²) in [4.78, 5) is 9.49. The number of nitrogens with zero attached hydrogens (tertiary/aromatic N) is 2. The van der Waals surface area contributed by atoms with Gasteiger partial charge in [-0.3, -0.25) is 0 Å². The lowest BCUT2D eigenvalue weighted by atomic mass is 10.0. The molecule has 1 N–H and O–H groups in total. The van der Waals surface area contributed by atoms with E-state index in [0.717, 1.165) is 40.8 Å². The largest absolute Gasteiger partial charge is 0.310 e. The minimum absolute atomic E-state index is 0.741. The second-order valence-electron chi connectivity index (χ2n) is 6.52. The van der Waals surface area contributed by atoms with Crippen LogP contribution >= 0.6 is 11.8 Å². The highest BCUT2D eigenvalue weighted by atomic mass is 32.2. The molecular weight excluding hydrogens is 278 g/mol. The Hall–Kier alpha value is -0.610. The number of aromatic nitrogens is 2. The maximum Gasteiger partial charge on any atom is 0.138 e. The van der Waals surface area contributed by atoms with E-state index in [1.807, 2.05) is 0 Å². The van der Waals surface area contributed by atoms with E-state index in [4.69, 9.17) is 9.97 Å². The molecule has 4 heteroatoms. The first-order chi connectivity index (χ1) is 10.2. The van der Waals surface area contributed by atoms with Crippen LogP contribution in [0.2, 0.25) is 0 Å². The average Bonchev–Trinajstić information content (AvgIpc) is 3.29. The lowest BCUT2D eigenvalue weighted by Crippen LogP contribution is -2.18. The molecule has 0 spiro atoms. The van der Waals surface area contributed by atoms with Gasteiger partial charge in [-0.1, -0.05) is 19.3 Å². The van der Waals surface area contributed by atoms with E-state index in [2.05, 4.69) is 30.9 Å². The van der Waals surface area contributed by atoms with Gasteiger partial charge < -0.3 is 5.32 Å². The predicted octanol–water partition coefficient (Wildman–Crippen LogP) is 3.91. The van der Waals surface area contributed by atoms with Gasteiger partial charge in [-0.15, -0.1) is 0 Å². The predicted molar refractivity (Wildman–Crippen MR) is 89.5 cm³/mol. The van der Waals surface area contributed by atoms with E-state index >= 15 is 0 Å². The Balaban J connectivity index is 1.57. The highest BCUT2D eigenvalue weighted by Gasteiger charge is 2.21. The van der Waals surface area contributed by atoms with Crippen molar-refractivity contribution in [1.82, 2.24) is 15.3 Å². The van der Waals surface area contributed by atoms with Crippen LogP contribution in [0.1, 0.15) is 67.7 Å². The summed E-state index contributed by atoms with van der Waals surface area (Å²) in [7, 11) is 0. The summed E-state index contributed by atoms with van der Waals surface area (Å²) in [5, 5.41) is 4.41. The molecule has 2 aliphatic rings. The molecule has 2 saturated carbocycles. The van der Waals surface area contributed by atoms with Gasteiger partial charge in [0, 0.05) is 34.8 Å². The second-order valence-corrected chi connectivity index (χ2v) is 7.80. The third kappa shape index (κ3) is 4.43. The standard InChI is InChI=1S/C17H27N3S/c1-12-16(10-18-14-8-9-14)13(2)20-17(19-12)11-21-15-6-4-3-5-7-15/h14-15,18H,3-11H2,1-2H3. The number of aryl methyl sites for hydroxylation is 2. The fourth-order valence-corrected chi connectivity index (χ4v) is 4.27. The first-order valence-electron chi connectivity index (χ1n) is 8.40. The molecule has 0 bridgehead atoms. The lowest BCUT2D eigenvalue weighted by molar-refractivity contribution is 0.516. The number of hydrogen-bond donors (Lipinski definition) is 1. The van der Waals surface area contributed by atoms with Crippen molar-refractivity contribution >= 4 is 11.8 Å². The van der Waals surface area contributed by atoms with Crippen LogP contribution in [-0.4, -0.2) is 21.3 Å². The quantitative estimate of drug-likeness (QED) is 0.864. The van der Waals surface area contributed by atoms with E-state index in [1.54, 1.807) is 0 Å². The normalized spacial score (nSPS) is 19.9. The van der Waals surface area contributed by atoms with Gasteiger partial charge in [0.2, 0.25) is 0 Å². The minimum Gasteiger partial charge on any atom is -0.310 e. The molecule has 0 aliphatic heterocycles. The Kier molecular flexibility index (Phi) is 5.17. The van der Waals surface area contributed by atoms with Crippen molar-refractivity contribution in [2.75, 3.05) is 0 Å². The van der Waals surface area contributed by atoms with Crippen molar-refractivity contribution in [3.63, 3.8) is 0 Å². The molecule has 1 aromatic heterocycles. The van der Waals surface area contributed by atoms with Crippen molar-refractivity contribution in [3.05, 3.63) is 22.8 Å². The Labute approximate surface area is 132 Å². The first kappa shape index (κ1) is 15.3. The smallest absolute Gasteiger partial charge is 0.138 e. The molecule has 3 nitrogen and oxygen atoms in total. The van der Waals surface area contributed by atoms with Crippen molar-refractivity contribution in [2.24, 2.45) is 0 Å². The van der Waals surface area contributed by atoms with Crippen LogP contribution in [0.15, 0.2) is 0 Å². The van der Waals surface area contributed by atoms with Gasteiger partial charge in [0.1, 0.15) is 5.82 Å². The van der Waals surface area contributed by atoms with Crippen LogP contribution in [0.25, 0.3) is 0 Å². The van der Waals surface area contributed by atoms with Gasteiger partial charge in [0.05, 0.1) is 5.75 Å². The molecule has 21 heavy (non-hydrogen) atoms. The second kappa shape index (κ2) is 7.10. The number of rotatable bonds is 6. The summed E-state index contributed by atoms with van der Waals surface area (Å²) >= 11 is 2.06. The Bertz CT molecular complexity index is 456. The zero-order valence-electron chi connectivity index (χ0n) is 13.3. The molecule has 116 valence electrons. The minimum atomic E-state index is 0.741. The number of thioether (sulfide) groups is 1. The Morgan fingerprint density at radius 2 is 1.67 bits per heavy atom. The van der Waals surface area contributed by atoms with Crippen LogP contribution in [0.3, 0.4) is 0 Å². The third-order valence-electron chi connectivity index (χ3n) is 4.61. The lowest BCUT2D eigenvalue weighted by Gasteiger charge is -2.20. The summed E-state index contributed by atoms with van der Waals surface area (Å²) in [5.74, 6) is 2.00. The van der Waals surface area contributed by atoms with Crippen molar-refractivity contribution < 1.29 is 0 Å². The van der Waals surface area contributed by atoms with Gasteiger partial charge in [-0.2, -0.15) is 11.8 Å². The molecule has 2 aliphatic carbocycles. The van der Waals surface area contributed by atoms with Crippen LogP contribution in [0.4, 0.5) is 0 Å². The van der Waals surface area contributed by atoms with Gasteiger partial charge in [0.25, 0.3) is 0 Å². The maximum atomic E-state index is 4.74. The van der Waals surface area contributed by atoms with Gasteiger partial charge in [-0.05, 0) is 39.5 Å². The van der Waals surface area contributed by atoms with E-state index in [0.29, 0.717) is 0 Å². The van der Waals surface area contributed by atoms with Crippen molar-refractivity contribution in [3.8, 4) is 0 Å². The highest BCUT2D eigenvalue weighted by Crippen LogP contribution is 2.30. The van der Waals surface area contributed by atoms with E-state index in [9.17, 15) is 0 Å². The van der Waals surface area contributed by atoms with Crippen LogP contribution in [-0.2, 0) is 12.3 Å². The Morgan fingerprint density at radius 3 is 2.29 bits per heavy atom. The van der Waals surface area contributed by atoms with Crippen LogP contribution in [0, 0.1) is 13.8 Å². The summed E-state index contributed by atoms with van der Waals surface area (Å²) in [6.07, 6.45) is 9.65. The summed E-state index contributed by atoms with van der Waals surface area (Å²) < 4.78 is 0. The van der Waals surface area contributed by atoms with Crippen LogP contribution < -0.4 is 5.32 Å². The fourth-order valence-electron chi connectivity index (χ4n) is 3.09. The van der Waals surface area contributed by atoms with E-state index in [-0.39, 0.29) is 0 Å². The first-order valence-corrected chi connectivity index (χ1v) is 9.45. The van der Waals surface area contributed by atoms with Gasteiger partial charge in [-0.25, -0.2) is 9.97 Å². The number of hydrogen-bond acceptors (Lipinski definition) is 4. The highest BCUT2D eigenvalue weighted by molar-refractivity contribution is 7.99. The molecule has 0 atom stereocenters. The molecule has 0 unspecified atom stereocenters. The third-order valence-corrected chi connectivity index (χ3v) is 5.98. The number of nitrogens with one attached hydrogen (secondary N) is 1. The van der Waals surface area contributed by atoms with Crippen molar-refractivity contribution in [2.45, 2.75) is 82.4 Å². The fraction of sp³-hybridized carbons (Fsp3) is 0.765. The average molecular weight is 305 g/mol. The summed E-state index contributed by atoms with van der Waals surface area (Å²) in [6.45, 7) is 5.19. The van der Waals surface area contributed by atoms with Gasteiger partial charge >= 0.3 is 0 Å². The monoisotopic (exact) mass is 305 g/mol. The maximum absolute atomic E-state index is 4.74. The molecule has 2 fully saturated rings. The molecule has 0 aromatic carbocycles. The molecule has 0 radical (unpaired) electrons. The summed E-state index contributed by atoms with van der Waals surface area (Å²) in [6, 6.07) is 0.741. The molecule has 1 heterocycles. The zero-order chi connectivity index (χ0) is 14.7. The Morgan fingerprint density at radius 1 is 1.00 bits per heavy atom. The topological polar surface area (TPSA) is 37.8 Å². The van der Waals surface area contributed by atoms with E-state index < -0.39 is 0 Å². The van der Waals surface area contributed by atoms with Crippen molar-refractivity contribution in [1.29, 1.82) is 0 Å². The zero-order valence-corrected chi connectivity index (χ0v) is 14.1. The van der Waals surface area contributed by atoms with Gasteiger partial charge in [0.15, 0.2) is 0 Å². The SMILES string of the molecule is Cc1nc(CSC2CCCCC2)nc(C)c1CNC1CC1. The van der Waals surface area contributed by atoms with Crippen LogP contribution in [0.5, 0.6) is 0 Å². The summed E-state index contributed by atoms with van der Waals surface area (Å²) in [5.41, 5.74) is 3.62. The molecule has 0 amide bonds. The van der Waals surface area contributed by atoms with E-state index in [1.165, 1.54) is 50.5 Å².